The Morgan fingerprint density at radius 1 is 1.36 bits per heavy atom. The zero-order valence-corrected chi connectivity index (χ0v) is 8.68. The molecular formula is C10H15ClN2O. The second-order valence-corrected chi connectivity index (χ2v) is 3.52. The highest BCUT2D eigenvalue weighted by atomic mass is 35.5. The molecule has 0 radical (unpaired) electrons. The van der Waals surface area contributed by atoms with E-state index < -0.39 is 0 Å². The fourth-order valence-electron chi connectivity index (χ4n) is 1.71. The number of nitrogen functional groups attached to an aromatic ring is 1. The van der Waals surface area contributed by atoms with Gasteiger partial charge in [0, 0.05) is 18.8 Å². The van der Waals surface area contributed by atoms with E-state index in [9.17, 15) is 5.11 Å². The van der Waals surface area contributed by atoms with Crippen LogP contribution in [0.3, 0.4) is 0 Å². The molecule has 0 saturated carbocycles. The van der Waals surface area contributed by atoms with Gasteiger partial charge < -0.3 is 16.2 Å². The van der Waals surface area contributed by atoms with Crippen molar-refractivity contribution in [2.75, 3.05) is 12.3 Å². The summed E-state index contributed by atoms with van der Waals surface area (Å²) in [5.74, 6) is 0. The molecule has 0 spiro atoms. The third kappa shape index (κ3) is 2.38. The molecule has 1 aromatic rings. The van der Waals surface area contributed by atoms with E-state index in [-0.39, 0.29) is 18.5 Å². The highest BCUT2D eigenvalue weighted by Crippen LogP contribution is 2.17. The number of benzene rings is 1. The summed E-state index contributed by atoms with van der Waals surface area (Å²) < 4.78 is 0. The van der Waals surface area contributed by atoms with E-state index in [1.807, 2.05) is 18.2 Å². The summed E-state index contributed by atoms with van der Waals surface area (Å²) in [5.41, 5.74) is 8.87. The maximum Gasteiger partial charge on any atom is 0.0705 e. The van der Waals surface area contributed by atoms with E-state index in [4.69, 9.17) is 5.73 Å². The molecule has 1 aromatic carbocycles. The Morgan fingerprint density at radius 3 is 2.93 bits per heavy atom. The molecule has 4 N–H and O–H groups in total. The minimum absolute atomic E-state index is 0. The number of aliphatic hydroxyl groups excluding tert-OH is 1. The molecule has 3 nitrogen and oxygen atoms in total. The van der Waals surface area contributed by atoms with Gasteiger partial charge in [0.25, 0.3) is 0 Å². The minimum Gasteiger partial charge on any atom is -0.399 e. The summed E-state index contributed by atoms with van der Waals surface area (Å²) in [6, 6.07) is 5.86. The van der Waals surface area contributed by atoms with Gasteiger partial charge in [-0.25, -0.2) is 0 Å². The van der Waals surface area contributed by atoms with Crippen molar-refractivity contribution in [2.45, 2.75) is 19.1 Å². The van der Waals surface area contributed by atoms with Gasteiger partial charge in [-0.3, -0.25) is 0 Å². The third-order valence-electron chi connectivity index (χ3n) is 2.38. The quantitative estimate of drug-likeness (QED) is 0.558. The van der Waals surface area contributed by atoms with Gasteiger partial charge in [-0.05, 0) is 29.7 Å². The second-order valence-electron chi connectivity index (χ2n) is 3.52. The predicted molar refractivity (Wildman–Crippen MR) is 59.5 cm³/mol. The molecule has 1 aliphatic rings. The molecular weight excluding hydrogens is 200 g/mol. The molecule has 0 saturated heterocycles. The first-order valence-electron chi connectivity index (χ1n) is 4.52. The molecule has 14 heavy (non-hydrogen) atoms. The minimum atomic E-state index is -0.273. The van der Waals surface area contributed by atoms with Gasteiger partial charge in [0.05, 0.1) is 6.10 Å². The Hall–Kier alpha value is -0.770. The van der Waals surface area contributed by atoms with Crippen molar-refractivity contribution < 1.29 is 5.11 Å². The summed E-state index contributed by atoms with van der Waals surface area (Å²) >= 11 is 0. The number of nitrogens with one attached hydrogen (secondary N) is 1. The first-order chi connectivity index (χ1) is 6.25. The third-order valence-corrected chi connectivity index (χ3v) is 2.38. The topological polar surface area (TPSA) is 58.3 Å². The molecule has 0 aromatic heterocycles. The van der Waals surface area contributed by atoms with Crippen LogP contribution < -0.4 is 11.1 Å². The largest absolute Gasteiger partial charge is 0.399 e. The molecule has 0 fully saturated rings. The van der Waals surface area contributed by atoms with Gasteiger partial charge in [0.1, 0.15) is 0 Å². The van der Waals surface area contributed by atoms with E-state index in [2.05, 4.69) is 5.32 Å². The zero-order chi connectivity index (χ0) is 9.26. The fraction of sp³-hybridized carbons (Fsp3) is 0.400. The number of fused-ring (bicyclic) bond motifs is 1. The van der Waals surface area contributed by atoms with Crippen LogP contribution in [-0.4, -0.2) is 17.8 Å². The van der Waals surface area contributed by atoms with Crippen molar-refractivity contribution in [2.24, 2.45) is 0 Å². The monoisotopic (exact) mass is 214 g/mol. The van der Waals surface area contributed by atoms with E-state index in [1.54, 1.807) is 0 Å². The van der Waals surface area contributed by atoms with Crippen LogP contribution in [0.2, 0.25) is 0 Å². The molecule has 78 valence electrons. The summed E-state index contributed by atoms with van der Waals surface area (Å²) in [4.78, 5) is 0. The Morgan fingerprint density at radius 2 is 2.14 bits per heavy atom. The number of rotatable bonds is 0. The van der Waals surface area contributed by atoms with Crippen LogP contribution in [0.4, 0.5) is 5.69 Å². The zero-order valence-electron chi connectivity index (χ0n) is 7.86. The van der Waals surface area contributed by atoms with Crippen LogP contribution in [0, 0.1) is 0 Å². The maximum atomic E-state index is 9.51. The Balaban J connectivity index is 0.000000980. The lowest BCUT2D eigenvalue weighted by molar-refractivity contribution is 0.175. The Labute approximate surface area is 89.7 Å². The second kappa shape index (κ2) is 4.64. The van der Waals surface area contributed by atoms with Gasteiger partial charge in [-0.2, -0.15) is 0 Å². The van der Waals surface area contributed by atoms with Crippen molar-refractivity contribution in [1.29, 1.82) is 0 Å². The molecule has 2 rings (SSSR count). The Kier molecular flexibility index (Phi) is 3.75. The van der Waals surface area contributed by atoms with Crippen LogP contribution in [0.5, 0.6) is 0 Å². The lowest BCUT2D eigenvalue weighted by atomic mass is 10.0. The van der Waals surface area contributed by atoms with Gasteiger partial charge in [-0.1, -0.05) is 6.07 Å². The first kappa shape index (κ1) is 11.3. The number of hydrogen-bond donors (Lipinski definition) is 3. The normalized spacial score (nSPS) is 20.5. The van der Waals surface area contributed by atoms with Crippen molar-refractivity contribution in [3.63, 3.8) is 0 Å². The molecule has 0 bridgehead atoms. The van der Waals surface area contributed by atoms with Crippen LogP contribution in [0.25, 0.3) is 0 Å². The number of anilines is 1. The van der Waals surface area contributed by atoms with E-state index in [0.717, 1.165) is 18.7 Å². The molecule has 1 unspecified atom stereocenters. The van der Waals surface area contributed by atoms with Crippen LogP contribution in [0.1, 0.15) is 11.1 Å². The average Bonchev–Trinajstić information content (AvgIpc) is 2.25. The first-order valence-corrected chi connectivity index (χ1v) is 4.52. The molecule has 0 amide bonds. The van der Waals surface area contributed by atoms with Gasteiger partial charge >= 0.3 is 0 Å². The van der Waals surface area contributed by atoms with Gasteiger partial charge in [0.15, 0.2) is 0 Å². The summed E-state index contributed by atoms with van der Waals surface area (Å²) in [5, 5.41) is 12.7. The summed E-state index contributed by atoms with van der Waals surface area (Å²) in [6.45, 7) is 1.46. The van der Waals surface area contributed by atoms with Crippen LogP contribution >= 0.6 is 12.4 Å². The molecule has 4 heteroatoms. The lowest BCUT2D eigenvalue weighted by Crippen LogP contribution is -2.24. The number of halogens is 1. The highest BCUT2D eigenvalue weighted by molar-refractivity contribution is 5.85. The lowest BCUT2D eigenvalue weighted by Gasteiger charge is -2.07. The van der Waals surface area contributed by atoms with Crippen molar-refractivity contribution in [3.8, 4) is 0 Å². The number of nitrogens with two attached hydrogens (primary N) is 1. The van der Waals surface area contributed by atoms with Crippen molar-refractivity contribution in [1.82, 2.24) is 5.32 Å². The fourth-order valence-corrected chi connectivity index (χ4v) is 1.71. The summed E-state index contributed by atoms with van der Waals surface area (Å²) in [6.07, 6.45) is 0.452. The Bertz CT molecular complexity index is 317. The molecule has 1 heterocycles. The molecule has 1 aliphatic heterocycles. The molecule has 1 atom stereocenters. The average molecular weight is 215 g/mol. The highest BCUT2D eigenvalue weighted by Gasteiger charge is 2.13. The van der Waals surface area contributed by atoms with Crippen LogP contribution in [0.15, 0.2) is 18.2 Å². The van der Waals surface area contributed by atoms with Crippen molar-refractivity contribution in [3.05, 3.63) is 29.3 Å². The van der Waals surface area contributed by atoms with Crippen LogP contribution in [-0.2, 0) is 13.0 Å². The SMILES string of the molecule is Cl.Nc1ccc2c(c1)CNCC(O)C2. The smallest absolute Gasteiger partial charge is 0.0705 e. The van der Waals surface area contributed by atoms with Gasteiger partial charge in [-0.15, -0.1) is 12.4 Å². The van der Waals surface area contributed by atoms with Crippen molar-refractivity contribution >= 4 is 18.1 Å². The summed E-state index contributed by atoms with van der Waals surface area (Å²) in [7, 11) is 0. The number of β-amino-alcohol motifs (C(OH)–C–C–N with tert-alkyl or cyclic N) is 1. The predicted octanol–water partition coefficient (Wildman–Crippen LogP) is 0.697. The van der Waals surface area contributed by atoms with E-state index >= 15 is 0 Å². The van der Waals surface area contributed by atoms with E-state index in [0.29, 0.717) is 6.54 Å². The number of hydrogen-bond acceptors (Lipinski definition) is 3. The maximum absolute atomic E-state index is 9.51. The van der Waals surface area contributed by atoms with Gasteiger partial charge in [0.2, 0.25) is 0 Å². The standard InChI is InChI=1S/C10H14N2O.ClH/c11-9-2-1-7-4-10(13)6-12-5-8(7)3-9;/h1-3,10,12-13H,4-6,11H2;1H. The molecule has 0 aliphatic carbocycles. The number of aliphatic hydroxyl groups is 1. The van der Waals surface area contributed by atoms with E-state index in [1.165, 1.54) is 11.1 Å².